The molecule has 0 aromatic heterocycles. The van der Waals surface area contributed by atoms with E-state index in [0.29, 0.717) is 12.5 Å². The molecule has 0 fully saturated rings. The molecule has 1 N–H and O–H groups in total. The SMILES string of the molecule is O=C(O)OCCOCCCl. The predicted molar refractivity (Wildman–Crippen MR) is 35.5 cm³/mol. The number of carboxylic acid groups (broad SMARTS) is 1. The normalized spacial score (nSPS) is 9.30. The van der Waals surface area contributed by atoms with Crippen molar-refractivity contribution in [2.24, 2.45) is 0 Å². The van der Waals surface area contributed by atoms with Crippen LogP contribution in [-0.4, -0.2) is 37.0 Å². The van der Waals surface area contributed by atoms with Gasteiger partial charge in [0.1, 0.15) is 6.61 Å². The molecule has 0 unspecified atom stereocenters. The zero-order chi connectivity index (χ0) is 7.82. The van der Waals surface area contributed by atoms with Gasteiger partial charge in [0.25, 0.3) is 0 Å². The van der Waals surface area contributed by atoms with E-state index in [1.165, 1.54) is 0 Å². The minimum Gasteiger partial charge on any atom is -0.450 e. The number of rotatable bonds is 5. The predicted octanol–water partition coefficient (Wildman–Crippen LogP) is 0.936. The third-order valence-electron chi connectivity index (χ3n) is 0.675. The van der Waals surface area contributed by atoms with Crippen LogP contribution in [0.5, 0.6) is 0 Å². The second-order valence-electron chi connectivity index (χ2n) is 1.42. The van der Waals surface area contributed by atoms with Crippen LogP contribution in [0.1, 0.15) is 0 Å². The molecule has 4 nitrogen and oxygen atoms in total. The zero-order valence-corrected chi connectivity index (χ0v) is 6.13. The van der Waals surface area contributed by atoms with Crippen molar-refractivity contribution in [3.05, 3.63) is 0 Å². The molecular weight excluding hydrogens is 160 g/mol. The Bertz CT molecular complexity index is 95.6. The Morgan fingerprint density at radius 1 is 1.40 bits per heavy atom. The molecule has 0 aromatic carbocycles. The Labute approximate surface area is 63.7 Å². The number of hydrogen-bond donors (Lipinski definition) is 1. The van der Waals surface area contributed by atoms with Crippen LogP contribution in [0.15, 0.2) is 0 Å². The Kier molecular flexibility index (Phi) is 6.32. The molecule has 0 spiro atoms. The lowest BCUT2D eigenvalue weighted by Crippen LogP contribution is -2.09. The largest absolute Gasteiger partial charge is 0.505 e. The van der Waals surface area contributed by atoms with Gasteiger partial charge in [-0.15, -0.1) is 11.6 Å². The fourth-order valence-electron chi connectivity index (χ4n) is 0.345. The van der Waals surface area contributed by atoms with Gasteiger partial charge in [0.15, 0.2) is 0 Å². The molecule has 0 aromatic rings. The molecular formula is C5H9ClO4. The summed E-state index contributed by atoms with van der Waals surface area (Å²) in [6.07, 6.45) is -1.28. The van der Waals surface area contributed by atoms with Crippen LogP contribution in [0.4, 0.5) is 4.79 Å². The molecule has 0 aliphatic heterocycles. The molecule has 0 aliphatic rings. The van der Waals surface area contributed by atoms with Gasteiger partial charge in [0.05, 0.1) is 13.2 Å². The summed E-state index contributed by atoms with van der Waals surface area (Å²) < 4.78 is 8.95. The molecule has 10 heavy (non-hydrogen) atoms. The monoisotopic (exact) mass is 168 g/mol. The molecule has 0 radical (unpaired) electrons. The molecule has 0 bridgehead atoms. The van der Waals surface area contributed by atoms with E-state index >= 15 is 0 Å². The second kappa shape index (κ2) is 6.64. The van der Waals surface area contributed by atoms with Gasteiger partial charge in [-0.25, -0.2) is 4.79 Å². The van der Waals surface area contributed by atoms with E-state index < -0.39 is 6.16 Å². The first kappa shape index (κ1) is 9.52. The van der Waals surface area contributed by atoms with Crippen LogP contribution in [-0.2, 0) is 9.47 Å². The highest BCUT2D eigenvalue weighted by molar-refractivity contribution is 6.17. The topological polar surface area (TPSA) is 55.8 Å². The lowest BCUT2D eigenvalue weighted by Gasteiger charge is -1.99. The minimum atomic E-state index is -1.28. The fourth-order valence-corrected chi connectivity index (χ4v) is 0.454. The first-order chi connectivity index (χ1) is 4.77. The average Bonchev–Trinajstić information content (AvgIpc) is 1.87. The van der Waals surface area contributed by atoms with Gasteiger partial charge in [-0.3, -0.25) is 0 Å². The molecule has 0 amide bonds. The van der Waals surface area contributed by atoms with Crippen molar-refractivity contribution in [1.29, 1.82) is 0 Å². The molecule has 0 rings (SSSR count). The Morgan fingerprint density at radius 3 is 2.60 bits per heavy atom. The van der Waals surface area contributed by atoms with Crippen molar-refractivity contribution in [2.45, 2.75) is 0 Å². The summed E-state index contributed by atoms with van der Waals surface area (Å²) in [5, 5.41) is 7.97. The molecule has 0 aliphatic carbocycles. The van der Waals surface area contributed by atoms with Gasteiger partial charge in [-0.2, -0.15) is 0 Å². The van der Waals surface area contributed by atoms with Gasteiger partial charge < -0.3 is 14.6 Å². The number of halogens is 1. The van der Waals surface area contributed by atoms with E-state index in [9.17, 15) is 4.79 Å². The molecule has 0 saturated heterocycles. The van der Waals surface area contributed by atoms with Crippen molar-refractivity contribution in [3.63, 3.8) is 0 Å². The lowest BCUT2D eigenvalue weighted by molar-refractivity contribution is 0.0520. The van der Waals surface area contributed by atoms with E-state index in [0.717, 1.165) is 0 Å². The maximum Gasteiger partial charge on any atom is 0.505 e. The highest BCUT2D eigenvalue weighted by Gasteiger charge is 1.93. The summed E-state index contributed by atoms with van der Waals surface area (Å²) in [7, 11) is 0. The smallest absolute Gasteiger partial charge is 0.450 e. The second-order valence-corrected chi connectivity index (χ2v) is 1.79. The van der Waals surface area contributed by atoms with Crippen LogP contribution in [0, 0.1) is 0 Å². The third-order valence-corrected chi connectivity index (χ3v) is 0.829. The van der Waals surface area contributed by atoms with E-state index in [1.807, 2.05) is 0 Å². The lowest BCUT2D eigenvalue weighted by atomic mass is 10.7. The van der Waals surface area contributed by atoms with E-state index in [4.69, 9.17) is 21.4 Å². The first-order valence-electron chi connectivity index (χ1n) is 2.77. The third kappa shape index (κ3) is 7.52. The van der Waals surface area contributed by atoms with Crippen molar-refractivity contribution in [1.82, 2.24) is 0 Å². The van der Waals surface area contributed by atoms with Crippen molar-refractivity contribution >= 4 is 17.8 Å². The summed E-state index contributed by atoms with van der Waals surface area (Å²) in [6, 6.07) is 0. The molecule has 0 heterocycles. The quantitative estimate of drug-likeness (QED) is 0.377. The first-order valence-corrected chi connectivity index (χ1v) is 3.30. The average molecular weight is 169 g/mol. The van der Waals surface area contributed by atoms with Gasteiger partial charge in [0.2, 0.25) is 0 Å². The van der Waals surface area contributed by atoms with Gasteiger partial charge in [-0.05, 0) is 0 Å². The highest BCUT2D eigenvalue weighted by Crippen LogP contribution is 1.81. The number of hydrogen-bond acceptors (Lipinski definition) is 3. The van der Waals surface area contributed by atoms with Crippen LogP contribution in [0.2, 0.25) is 0 Å². The Balaban J connectivity index is 2.84. The van der Waals surface area contributed by atoms with Gasteiger partial charge >= 0.3 is 6.16 Å². The highest BCUT2D eigenvalue weighted by atomic mass is 35.5. The van der Waals surface area contributed by atoms with Crippen molar-refractivity contribution in [3.8, 4) is 0 Å². The summed E-state index contributed by atoms with van der Waals surface area (Å²) in [5.41, 5.74) is 0. The Morgan fingerprint density at radius 2 is 2.10 bits per heavy atom. The molecule has 0 saturated carbocycles. The van der Waals surface area contributed by atoms with Crippen molar-refractivity contribution in [2.75, 3.05) is 25.7 Å². The van der Waals surface area contributed by atoms with Crippen LogP contribution >= 0.6 is 11.6 Å². The summed E-state index contributed by atoms with van der Waals surface area (Å²) >= 11 is 5.26. The van der Waals surface area contributed by atoms with Gasteiger partial charge in [0, 0.05) is 5.88 Å². The zero-order valence-electron chi connectivity index (χ0n) is 5.38. The van der Waals surface area contributed by atoms with E-state index in [2.05, 4.69) is 4.74 Å². The standard InChI is InChI=1S/C5H9ClO4/c6-1-2-9-3-4-10-5(7)8/h1-4H2,(H,7,8). The van der Waals surface area contributed by atoms with E-state index in [1.54, 1.807) is 0 Å². The summed E-state index contributed by atoms with van der Waals surface area (Å²) in [4.78, 5) is 9.73. The minimum absolute atomic E-state index is 0.0617. The molecule has 60 valence electrons. The fraction of sp³-hybridized carbons (Fsp3) is 0.800. The maximum atomic E-state index is 9.73. The van der Waals surface area contributed by atoms with Crippen molar-refractivity contribution < 1.29 is 19.4 Å². The number of carbonyl (C=O) groups is 1. The number of ether oxygens (including phenoxy) is 2. The Hall–Kier alpha value is -0.480. The van der Waals surface area contributed by atoms with Crippen LogP contribution in [0.3, 0.4) is 0 Å². The van der Waals surface area contributed by atoms with Crippen LogP contribution < -0.4 is 0 Å². The molecule has 0 atom stereocenters. The summed E-state index contributed by atoms with van der Waals surface area (Å²) in [6.45, 7) is 0.746. The van der Waals surface area contributed by atoms with Gasteiger partial charge in [-0.1, -0.05) is 0 Å². The number of alkyl halides is 1. The van der Waals surface area contributed by atoms with Crippen LogP contribution in [0.25, 0.3) is 0 Å². The summed E-state index contributed by atoms with van der Waals surface area (Å²) in [5.74, 6) is 0.410. The molecule has 5 heteroatoms. The van der Waals surface area contributed by atoms with E-state index in [-0.39, 0.29) is 13.2 Å². The maximum absolute atomic E-state index is 9.73.